The van der Waals surface area contributed by atoms with Crippen molar-refractivity contribution in [2.75, 3.05) is 26.1 Å². The first-order valence-electron chi connectivity index (χ1n) is 11.2. The number of nitrogen functional groups attached to an aromatic ring is 1. The van der Waals surface area contributed by atoms with Gasteiger partial charge >= 0.3 is 13.9 Å². The number of nitrogens with one attached hydrogen (secondary N) is 1. The van der Waals surface area contributed by atoms with Crippen LogP contribution in [0.4, 0.5) is 5.82 Å². The maximum absolute atomic E-state index is 12.7. The van der Waals surface area contributed by atoms with E-state index in [1.165, 1.54) is 26.0 Å². The Hall–Kier alpha value is -4.60. The largest absolute Gasteiger partial charge is 0.508 e. The van der Waals surface area contributed by atoms with Crippen molar-refractivity contribution in [3.63, 3.8) is 0 Å². The number of nitrogens with zero attached hydrogens (tertiary/aromatic N) is 5. The molecule has 3 aromatic rings. The van der Waals surface area contributed by atoms with Crippen LogP contribution in [-0.2, 0) is 27.8 Å². The maximum atomic E-state index is 12.7. The van der Waals surface area contributed by atoms with Crippen molar-refractivity contribution < 1.29 is 38.0 Å². The van der Waals surface area contributed by atoms with E-state index in [1.807, 2.05) is 0 Å². The minimum Gasteiger partial charge on any atom is -0.508 e. The Morgan fingerprint density at radius 2 is 2.05 bits per heavy atom. The predicted molar refractivity (Wildman–Crippen MR) is 127 cm³/mol. The molecule has 17 nitrogen and oxygen atoms in total. The number of hydrogen-bond acceptors (Lipinski definition) is 14. The normalized spacial score (nSPS) is 25.5. The second-order valence-corrected chi connectivity index (χ2v) is 9.34. The first-order chi connectivity index (χ1) is 18.3. The van der Waals surface area contributed by atoms with Gasteiger partial charge in [-0.2, -0.15) is 0 Å². The molecule has 3 aromatic heterocycles. The Bertz CT molecular complexity index is 1510. The van der Waals surface area contributed by atoms with Gasteiger partial charge in [0, 0.05) is 19.4 Å². The number of aromatic amines is 1. The van der Waals surface area contributed by atoms with Crippen molar-refractivity contribution in [3.8, 4) is 0 Å². The molecule has 1 saturated heterocycles. The second-order valence-electron chi connectivity index (χ2n) is 8.32. The van der Waals surface area contributed by atoms with Crippen LogP contribution < -0.4 is 17.0 Å². The van der Waals surface area contributed by atoms with Gasteiger partial charge in [-0.15, -0.1) is 0 Å². The molecule has 0 radical (unpaired) electrons. The van der Waals surface area contributed by atoms with Crippen LogP contribution in [0.3, 0.4) is 0 Å². The van der Waals surface area contributed by atoms with Gasteiger partial charge in [0.2, 0.25) is 0 Å². The number of rotatable bonds is 9. The molecule has 19 heteroatoms. The second kappa shape index (κ2) is 11.0. The number of imidazole rings is 1. The third-order valence-electron chi connectivity index (χ3n) is 6.08. The minimum atomic E-state index is -3.25. The molecular weight excluding hydrogens is 798 g/mol. The molecule has 0 aliphatic carbocycles. The fourth-order valence-electron chi connectivity index (χ4n) is 4.28. The third kappa shape index (κ3) is 5.09. The molecule has 5 rings (SSSR count). The zero-order valence-corrected chi connectivity index (χ0v) is 28.0. The molecule has 0 saturated carbocycles. The summed E-state index contributed by atoms with van der Waals surface area (Å²) < 4.78 is 43.0. The van der Waals surface area contributed by atoms with E-state index in [2.05, 4.69) is 19.9 Å². The predicted octanol–water partition coefficient (Wildman–Crippen LogP) is -0.657. The number of H-pyrrole nitrogens is 1. The molecule has 39 heavy (non-hydrogen) atoms. The number of nitrogens with two attached hydrogens (primary N) is 1. The van der Waals surface area contributed by atoms with Crippen LogP contribution in [-0.4, -0.2) is 77.9 Å². The van der Waals surface area contributed by atoms with Crippen LogP contribution in [0.5, 0.6) is 0 Å². The smallest absolute Gasteiger partial charge is 0.330 e. The van der Waals surface area contributed by atoms with Crippen molar-refractivity contribution in [1.29, 1.82) is 0 Å². The monoisotopic (exact) mass is 822 g/mol. The Labute approximate surface area is 213 Å². The van der Waals surface area contributed by atoms with E-state index in [1.54, 1.807) is 4.57 Å². The molecule has 2 aliphatic heterocycles. The number of methoxy groups -OCH3 is 1. The van der Waals surface area contributed by atoms with Crippen LogP contribution in [0.15, 0.2) is 46.0 Å². The van der Waals surface area contributed by atoms with Gasteiger partial charge in [-0.05, 0) is 0 Å². The minimum absolute atomic E-state index is 0. The van der Waals surface area contributed by atoms with Gasteiger partial charge in [0.05, 0.1) is 13.0 Å². The number of aliphatic hydroxyl groups excluding tert-OH is 2. The molecule has 0 bridgehead atoms. The Balaban J connectivity index is 0.00000353. The van der Waals surface area contributed by atoms with Crippen molar-refractivity contribution in [2.45, 2.75) is 37.2 Å². The van der Waals surface area contributed by atoms with E-state index in [0.717, 1.165) is 10.6 Å². The van der Waals surface area contributed by atoms with E-state index >= 15 is 0 Å². The SMILES string of the molecule is COC1C(O[P@H](=O)OCC2=C(O)CC(n3cnc4c(N)ncnc43)O2)[C@@H](CO)O[C@H]1n1ccc(=O)[nH]c1=O.[Hs]. The van der Waals surface area contributed by atoms with Gasteiger partial charge in [-0.3, -0.25) is 23.5 Å². The molecule has 2 aliphatic rings. The van der Waals surface area contributed by atoms with Gasteiger partial charge in [0.25, 0.3) is 5.56 Å². The van der Waals surface area contributed by atoms with E-state index in [-0.39, 0.29) is 30.4 Å². The number of fused-ring (bicyclic) bond motifs is 1. The molecule has 3 unspecified atom stereocenters. The van der Waals surface area contributed by atoms with Gasteiger partial charge < -0.3 is 39.2 Å². The molecule has 5 N–H and O–H groups in total. The summed E-state index contributed by atoms with van der Waals surface area (Å²) in [5.41, 5.74) is 5.23. The first kappa shape index (κ1) is 27.4. The number of ether oxygens (including phenoxy) is 3. The van der Waals surface area contributed by atoms with Gasteiger partial charge in [-0.25, -0.2) is 19.7 Å². The molecule has 5 heterocycles. The number of aromatic nitrogens is 6. The van der Waals surface area contributed by atoms with E-state index in [4.69, 9.17) is 29.0 Å². The summed E-state index contributed by atoms with van der Waals surface area (Å²) in [5.74, 6) is 0.101. The summed E-state index contributed by atoms with van der Waals surface area (Å²) in [4.78, 5) is 37.9. The Kier molecular flexibility index (Phi) is 7.75. The fourth-order valence-corrected chi connectivity index (χ4v) is 5.10. The van der Waals surface area contributed by atoms with Gasteiger partial charge in [-0.1, -0.05) is 0 Å². The Morgan fingerprint density at radius 1 is 1.26 bits per heavy atom. The topological polar surface area (TPSA) is 228 Å². The van der Waals surface area contributed by atoms with Gasteiger partial charge in [0.15, 0.2) is 29.7 Å². The van der Waals surface area contributed by atoms with Crippen LogP contribution in [0.25, 0.3) is 11.2 Å². The molecule has 0 spiro atoms. The van der Waals surface area contributed by atoms with Crippen LogP contribution in [0.2, 0.25) is 0 Å². The average molecular weight is 822 g/mol. The molecule has 6 atom stereocenters. The molecule has 206 valence electrons. The molecule has 1 fully saturated rings. The molecular formula is C20H24HsN7O10P. The summed E-state index contributed by atoms with van der Waals surface area (Å²) in [7, 11) is -1.93. The average Bonchev–Trinajstić information content (AvgIpc) is 3.58. The van der Waals surface area contributed by atoms with Crippen LogP contribution in [0, 0.1) is 0 Å². The quantitative estimate of drug-likeness (QED) is 0.197. The number of aliphatic hydroxyl groups is 2. The zero-order chi connectivity index (χ0) is 27.0. The van der Waals surface area contributed by atoms with Crippen molar-refractivity contribution in [1.82, 2.24) is 29.1 Å². The summed E-state index contributed by atoms with van der Waals surface area (Å²) in [5, 5.41) is 20.1. The van der Waals surface area contributed by atoms with Crippen molar-refractivity contribution >= 4 is 25.2 Å². The summed E-state index contributed by atoms with van der Waals surface area (Å²) >= 11 is 0. The summed E-state index contributed by atoms with van der Waals surface area (Å²) in [6.07, 6.45) is -0.884. The van der Waals surface area contributed by atoms with E-state index in [9.17, 15) is 24.4 Å². The van der Waals surface area contributed by atoms with Gasteiger partial charge in [0.1, 0.15) is 48.8 Å². The van der Waals surface area contributed by atoms with Crippen LogP contribution >= 0.6 is 8.25 Å². The Morgan fingerprint density at radius 3 is 2.77 bits per heavy atom. The summed E-state index contributed by atoms with van der Waals surface area (Å²) in [6, 6.07) is 1.12. The first-order valence-corrected chi connectivity index (χ1v) is 12.5. The number of anilines is 1. The van der Waals surface area contributed by atoms with Crippen LogP contribution in [0.1, 0.15) is 18.9 Å². The fraction of sp³-hybridized carbons (Fsp3) is 0.450. The van der Waals surface area contributed by atoms with Crippen molar-refractivity contribution in [2.24, 2.45) is 0 Å². The van der Waals surface area contributed by atoms with E-state index in [0.29, 0.717) is 11.2 Å². The third-order valence-corrected chi connectivity index (χ3v) is 6.93. The zero-order valence-electron chi connectivity index (χ0n) is 20.5. The number of hydrogen-bond donors (Lipinski definition) is 4. The maximum Gasteiger partial charge on any atom is 0.330 e. The molecule has 0 amide bonds. The van der Waals surface area contributed by atoms with Crippen molar-refractivity contribution in [3.05, 3.63) is 57.3 Å². The standard InChI is InChI=1S/C20H24N7O10P.Hs/c1-33-16-15(10(5-28)36-19(16)26-3-2-12(30)25-20(26)31)37-38(32)34-6-11-9(29)4-13(35-11)27-8-24-14-17(21)22-7-23-18(14)27;/h2-3,7-8,10,13,15-16,19,28-29,38H,4-6H2,1H3,(H2,21,22,23)(H,25,30,31);/t10-,13?,15?,16?,19-;/m1./s1. The molecule has 0 aromatic carbocycles. The summed E-state index contributed by atoms with van der Waals surface area (Å²) in [6.45, 7) is -0.931. The van der Waals surface area contributed by atoms with E-state index < -0.39 is 56.9 Å².